The highest BCUT2D eigenvalue weighted by molar-refractivity contribution is 9.09. The van der Waals surface area contributed by atoms with Gasteiger partial charge in [0.2, 0.25) is 0 Å². The smallest absolute Gasteiger partial charge is 0.162 e. The third kappa shape index (κ3) is 3.05. The molecule has 0 radical (unpaired) electrons. The molecule has 4 heteroatoms. The second-order valence-corrected chi connectivity index (χ2v) is 4.81. The van der Waals surface area contributed by atoms with Gasteiger partial charge in [0.1, 0.15) is 0 Å². The Morgan fingerprint density at radius 1 is 1.25 bits per heavy atom. The minimum Gasteiger partial charge on any atom is -0.493 e. The summed E-state index contributed by atoms with van der Waals surface area (Å²) in [4.78, 5) is 0. The molecular weight excluding hydrogens is 291 g/mol. The van der Waals surface area contributed by atoms with Crippen LogP contribution in [0.4, 0.5) is 0 Å². The summed E-state index contributed by atoms with van der Waals surface area (Å²) in [6.07, 6.45) is 1.04. The summed E-state index contributed by atoms with van der Waals surface area (Å²) in [6.45, 7) is 2.15. The normalized spacial score (nSPS) is 12.3. The molecule has 0 bridgehead atoms. The van der Waals surface area contributed by atoms with Gasteiger partial charge in [0.25, 0.3) is 0 Å². The zero-order chi connectivity index (χ0) is 12.1. The van der Waals surface area contributed by atoms with Gasteiger partial charge in [0.15, 0.2) is 11.5 Å². The lowest BCUT2D eigenvalue weighted by molar-refractivity contribution is 0.354. The van der Waals surface area contributed by atoms with E-state index in [0.717, 1.165) is 28.1 Å². The molecule has 1 aromatic rings. The van der Waals surface area contributed by atoms with Gasteiger partial charge in [0, 0.05) is 16.4 Å². The number of methoxy groups -OCH3 is 2. The van der Waals surface area contributed by atoms with Gasteiger partial charge in [-0.05, 0) is 24.0 Å². The van der Waals surface area contributed by atoms with Crippen molar-refractivity contribution in [3.63, 3.8) is 0 Å². The fraction of sp³-hybridized carbons (Fsp3) is 0.500. The number of rotatable bonds is 5. The van der Waals surface area contributed by atoms with Crippen molar-refractivity contribution < 1.29 is 9.47 Å². The molecule has 0 spiro atoms. The number of ether oxygens (including phenoxy) is 2. The molecule has 1 unspecified atom stereocenters. The van der Waals surface area contributed by atoms with Crippen LogP contribution in [0.3, 0.4) is 0 Å². The van der Waals surface area contributed by atoms with Crippen LogP contribution in [0.2, 0.25) is 5.02 Å². The van der Waals surface area contributed by atoms with E-state index in [4.69, 9.17) is 21.1 Å². The molecule has 0 aliphatic carbocycles. The fourth-order valence-electron chi connectivity index (χ4n) is 1.57. The van der Waals surface area contributed by atoms with Gasteiger partial charge in [-0.15, -0.1) is 0 Å². The third-order valence-corrected chi connectivity index (χ3v) is 3.36. The van der Waals surface area contributed by atoms with Crippen LogP contribution in [0.1, 0.15) is 24.8 Å². The molecule has 0 N–H and O–H groups in total. The molecule has 0 saturated carbocycles. The van der Waals surface area contributed by atoms with Gasteiger partial charge in [-0.1, -0.05) is 34.5 Å². The Bertz CT molecular complexity index is 355. The standard InChI is InChI=1S/C12H16BrClO2/c1-8(4-5-13)9-6-11(15-2)12(16-3)7-10(9)14/h6-8H,4-5H2,1-3H3. The Labute approximate surface area is 110 Å². The Kier molecular flexibility index (Phi) is 5.42. The lowest BCUT2D eigenvalue weighted by Crippen LogP contribution is -1.98. The summed E-state index contributed by atoms with van der Waals surface area (Å²) < 4.78 is 10.5. The zero-order valence-corrected chi connectivity index (χ0v) is 12.1. The third-order valence-electron chi connectivity index (χ3n) is 2.58. The van der Waals surface area contributed by atoms with E-state index < -0.39 is 0 Å². The predicted octanol–water partition coefficient (Wildman–Crippen LogP) is 4.25. The monoisotopic (exact) mass is 306 g/mol. The van der Waals surface area contributed by atoms with E-state index in [2.05, 4.69) is 22.9 Å². The molecule has 16 heavy (non-hydrogen) atoms. The van der Waals surface area contributed by atoms with Crippen LogP contribution in [0, 0.1) is 0 Å². The first-order chi connectivity index (χ1) is 7.63. The van der Waals surface area contributed by atoms with Crippen molar-refractivity contribution in [2.45, 2.75) is 19.3 Å². The minimum absolute atomic E-state index is 0.395. The predicted molar refractivity (Wildman–Crippen MR) is 71.4 cm³/mol. The van der Waals surface area contributed by atoms with Crippen molar-refractivity contribution in [2.24, 2.45) is 0 Å². The largest absolute Gasteiger partial charge is 0.493 e. The van der Waals surface area contributed by atoms with Crippen LogP contribution in [-0.2, 0) is 0 Å². The number of alkyl halides is 1. The van der Waals surface area contributed by atoms with Crippen LogP contribution in [-0.4, -0.2) is 19.5 Å². The lowest BCUT2D eigenvalue weighted by atomic mass is 9.98. The summed E-state index contributed by atoms with van der Waals surface area (Å²) in [7, 11) is 3.24. The lowest BCUT2D eigenvalue weighted by Gasteiger charge is -2.16. The molecule has 90 valence electrons. The summed E-state index contributed by atoms with van der Waals surface area (Å²) >= 11 is 9.65. The first kappa shape index (κ1) is 13.7. The maximum absolute atomic E-state index is 6.22. The number of hydrogen-bond donors (Lipinski definition) is 0. The van der Waals surface area contributed by atoms with Gasteiger partial charge in [-0.3, -0.25) is 0 Å². The van der Waals surface area contributed by atoms with E-state index in [9.17, 15) is 0 Å². The molecule has 0 aliphatic rings. The quantitative estimate of drug-likeness (QED) is 0.757. The first-order valence-corrected chi connectivity index (χ1v) is 6.61. The average molecular weight is 308 g/mol. The average Bonchev–Trinajstić information content (AvgIpc) is 2.28. The van der Waals surface area contributed by atoms with E-state index in [1.807, 2.05) is 6.07 Å². The molecule has 0 aromatic heterocycles. The van der Waals surface area contributed by atoms with Crippen LogP contribution < -0.4 is 9.47 Å². The molecular formula is C12H16BrClO2. The highest BCUT2D eigenvalue weighted by Crippen LogP contribution is 2.37. The van der Waals surface area contributed by atoms with Crippen molar-refractivity contribution in [2.75, 3.05) is 19.5 Å². The van der Waals surface area contributed by atoms with E-state index >= 15 is 0 Å². The Morgan fingerprint density at radius 3 is 2.31 bits per heavy atom. The molecule has 2 nitrogen and oxygen atoms in total. The second kappa shape index (κ2) is 6.36. The fourth-order valence-corrected chi connectivity index (χ4v) is 2.59. The zero-order valence-electron chi connectivity index (χ0n) is 9.72. The summed E-state index contributed by atoms with van der Waals surface area (Å²) in [5.74, 6) is 1.79. The van der Waals surface area contributed by atoms with E-state index in [1.54, 1.807) is 20.3 Å². The molecule has 0 aliphatic heterocycles. The number of halogens is 2. The summed E-state index contributed by atoms with van der Waals surface area (Å²) in [5, 5.41) is 1.69. The van der Waals surface area contributed by atoms with Gasteiger partial charge < -0.3 is 9.47 Å². The maximum atomic E-state index is 6.22. The van der Waals surface area contributed by atoms with Gasteiger partial charge >= 0.3 is 0 Å². The highest BCUT2D eigenvalue weighted by atomic mass is 79.9. The van der Waals surface area contributed by atoms with E-state index in [1.165, 1.54) is 0 Å². The molecule has 0 heterocycles. The topological polar surface area (TPSA) is 18.5 Å². The molecule has 0 amide bonds. The first-order valence-electron chi connectivity index (χ1n) is 5.11. The van der Waals surface area contributed by atoms with Crippen LogP contribution in [0.25, 0.3) is 0 Å². The molecule has 0 saturated heterocycles. The van der Waals surface area contributed by atoms with Crippen molar-refractivity contribution in [1.29, 1.82) is 0 Å². The Balaban J connectivity index is 3.10. The number of benzene rings is 1. The van der Waals surface area contributed by atoms with E-state index in [-0.39, 0.29) is 0 Å². The van der Waals surface area contributed by atoms with Crippen molar-refractivity contribution in [3.05, 3.63) is 22.7 Å². The Hall–Kier alpha value is -0.410. The summed E-state index contributed by atoms with van der Waals surface area (Å²) in [5.41, 5.74) is 1.10. The Morgan fingerprint density at radius 2 is 1.81 bits per heavy atom. The van der Waals surface area contributed by atoms with Gasteiger partial charge in [-0.2, -0.15) is 0 Å². The van der Waals surface area contributed by atoms with Crippen molar-refractivity contribution in [1.82, 2.24) is 0 Å². The van der Waals surface area contributed by atoms with Crippen LogP contribution in [0.15, 0.2) is 12.1 Å². The van der Waals surface area contributed by atoms with Crippen molar-refractivity contribution in [3.8, 4) is 11.5 Å². The van der Waals surface area contributed by atoms with Gasteiger partial charge in [0.05, 0.1) is 14.2 Å². The molecule has 1 atom stereocenters. The maximum Gasteiger partial charge on any atom is 0.162 e. The summed E-state index contributed by atoms with van der Waals surface area (Å²) in [6, 6.07) is 3.76. The minimum atomic E-state index is 0.395. The molecule has 1 aromatic carbocycles. The van der Waals surface area contributed by atoms with Crippen molar-refractivity contribution >= 4 is 27.5 Å². The SMILES string of the molecule is COc1cc(Cl)c(C(C)CCBr)cc1OC. The van der Waals surface area contributed by atoms with Crippen LogP contribution >= 0.6 is 27.5 Å². The highest BCUT2D eigenvalue weighted by Gasteiger charge is 2.14. The van der Waals surface area contributed by atoms with Crippen LogP contribution in [0.5, 0.6) is 11.5 Å². The van der Waals surface area contributed by atoms with Gasteiger partial charge in [-0.25, -0.2) is 0 Å². The van der Waals surface area contributed by atoms with E-state index in [0.29, 0.717) is 11.7 Å². The number of hydrogen-bond acceptors (Lipinski definition) is 2. The second-order valence-electron chi connectivity index (χ2n) is 3.61. The molecule has 1 rings (SSSR count). The molecule has 0 fully saturated rings.